The summed E-state index contributed by atoms with van der Waals surface area (Å²) in [6.45, 7) is 2.39. The van der Waals surface area contributed by atoms with Crippen LogP contribution in [0.1, 0.15) is 23.6 Å². The minimum absolute atomic E-state index is 0.287. The van der Waals surface area contributed by atoms with Gasteiger partial charge in [-0.2, -0.15) is 0 Å². The fourth-order valence-corrected chi connectivity index (χ4v) is 9.29. The lowest BCUT2D eigenvalue weighted by Gasteiger charge is -2.31. The molecule has 0 spiro atoms. The molecule has 9 aromatic carbocycles. The molecular formula is C54H38N2. The number of nitrogens with zero attached hydrogens (tertiary/aromatic N) is 2. The maximum atomic E-state index is 2.41. The first-order valence-corrected chi connectivity index (χ1v) is 19.4. The lowest BCUT2D eigenvalue weighted by atomic mass is 9.74. The Morgan fingerprint density at radius 2 is 1.00 bits per heavy atom. The molecule has 0 saturated carbocycles. The van der Waals surface area contributed by atoms with Gasteiger partial charge in [-0.25, -0.2) is 0 Å². The number of para-hydroxylation sites is 2. The van der Waals surface area contributed by atoms with Crippen molar-refractivity contribution >= 4 is 49.6 Å². The molecule has 2 nitrogen and oxygen atoms in total. The summed E-state index contributed by atoms with van der Waals surface area (Å²) >= 11 is 0. The van der Waals surface area contributed by atoms with Crippen LogP contribution in [-0.4, -0.2) is 4.57 Å². The molecule has 0 saturated heterocycles. The molecule has 0 aliphatic heterocycles. The molecule has 1 aliphatic rings. The largest absolute Gasteiger partial charge is 0.310 e. The second kappa shape index (κ2) is 12.7. The van der Waals surface area contributed by atoms with Gasteiger partial charge in [0.25, 0.3) is 0 Å². The summed E-state index contributed by atoms with van der Waals surface area (Å²) in [6, 6.07) is 77.8. The topological polar surface area (TPSA) is 8.17 Å². The normalized spacial score (nSPS) is 12.9. The highest BCUT2D eigenvalue weighted by Crippen LogP contribution is 2.53. The van der Waals surface area contributed by atoms with Gasteiger partial charge in [-0.1, -0.05) is 146 Å². The molecule has 11 rings (SSSR count). The monoisotopic (exact) mass is 714 g/mol. The van der Waals surface area contributed by atoms with Crippen molar-refractivity contribution in [3.8, 4) is 27.9 Å². The average molecular weight is 715 g/mol. The summed E-state index contributed by atoms with van der Waals surface area (Å²) in [5, 5.41) is 4.96. The van der Waals surface area contributed by atoms with Crippen LogP contribution in [0.5, 0.6) is 0 Å². The van der Waals surface area contributed by atoms with Crippen LogP contribution >= 0.6 is 0 Å². The molecule has 0 amide bonds. The van der Waals surface area contributed by atoms with E-state index in [1.807, 2.05) is 0 Å². The van der Waals surface area contributed by atoms with Crippen molar-refractivity contribution in [2.45, 2.75) is 12.3 Å². The highest BCUT2D eigenvalue weighted by molar-refractivity contribution is 6.10. The lowest BCUT2D eigenvalue weighted by Crippen LogP contribution is -2.23. The Kier molecular flexibility index (Phi) is 7.33. The second-order valence-corrected chi connectivity index (χ2v) is 15.1. The molecule has 0 bridgehead atoms. The number of anilines is 3. The molecule has 0 N–H and O–H groups in total. The van der Waals surface area contributed by atoms with Gasteiger partial charge in [0.2, 0.25) is 0 Å². The zero-order valence-electron chi connectivity index (χ0n) is 31.1. The molecule has 1 aliphatic carbocycles. The number of fused-ring (bicyclic) bond motifs is 7. The van der Waals surface area contributed by atoms with E-state index in [-0.39, 0.29) is 5.41 Å². The van der Waals surface area contributed by atoms with Crippen molar-refractivity contribution in [1.82, 2.24) is 4.57 Å². The van der Waals surface area contributed by atoms with Crippen LogP contribution in [0.25, 0.3) is 60.5 Å². The number of rotatable bonds is 6. The third-order valence-corrected chi connectivity index (χ3v) is 12.0. The van der Waals surface area contributed by atoms with E-state index in [1.54, 1.807) is 0 Å². The molecule has 10 aromatic rings. The van der Waals surface area contributed by atoms with Gasteiger partial charge in [0.15, 0.2) is 0 Å². The molecule has 0 radical (unpaired) electrons. The van der Waals surface area contributed by atoms with E-state index in [2.05, 4.69) is 229 Å². The molecule has 2 heteroatoms. The summed E-state index contributed by atoms with van der Waals surface area (Å²) in [6.07, 6.45) is 0. The maximum Gasteiger partial charge on any atom is 0.0541 e. The average Bonchev–Trinajstić information content (AvgIpc) is 3.74. The van der Waals surface area contributed by atoms with Gasteiger partial charge in [0, 0.05) is 38.9 Å². The van der Waals surface area contributed by atoms with Crippen LogP contribution in [0, 0.1) is 0 Å². The number of benzene rings is 9. The first-order chi connectivity index (χ1) is 27.6. The van der Waals surface area contributed by atoms with Crippen molar-refractivity contribution in [3.05, 3.63) is 229 Å². The summed E-state index contributed by atoms with van der Waals surface area (Å²) in [5.74, 6) is 0. The Morgan fingerprint density at radius 3 is 1.79 bits per heavy atom. The SMILES string of the molecule is CC1(c2cccc(N(c3ccc(-c4ccc5c(c4)c4ccccc4n5-c4ccccc4)cc3)c3ccc4ccccc4c3)c2)c2ccccc2-c2ccccc21. The van der Waals surface area contributed by atoms with Gasteiger partial charge < -0.3 is 9.47 Å². The van der Waals surface area contributed by atoms with Crippen molar-refractivity contribution < 1.29 is 0 Å². The van der Waals surface area contributed by atoms with Gasteiger partial charge >= 0.3 is 0 Å². The zero-order chi connectivity index (χ0) is 37.2. The first-order valence-electron chi connectivity index (χ1n) is 19.4. The van der Waals surface area contributed by atoms with Crippen LogP contribution < -0.4 is 4.90 Å². The number of aromatic nitrogens is 1. The minimum Gasteiger partial charge on any atom is -0.310 e. The van der Waals surface area contributed by atoms with Crippen LogP contribution in [0.3, 0.4) is 0 Å². The van der Waals surface area contributed by atoms with Crippen LogP contribution in [0.2, 0.25) is 0 Å². The van der Waals surface area contributed by atoms with Crippen LogP contribution in [0.15, 0.2) is 212 Å². The van der Waals surface area contributed by atoms with Crippen molar-refractivity contribution in [1.29, 1.82) is 0 Å². The molecule has 264 valence electrons. The third-order valence-electron chi connectivity index (χ3n) is 12.0. The predicted octanol–water partition coefficient (Wildman–Crippen LogP) is 14.4. The molecule has 0 unspecified atom stereocenters. The standard InChI is InChI=1S/C54H38N2/c1-54(50-23-10-7-20-46(50)47-21-8-11-24-51(47)54)41-16-13-19-44(36-41)55(45-32-28-37-14-5-6-15-39(37)34-45)43-30-26-38(27-31-43)40-29-33-53-49(35-40)48-22-9-12-25-52(48)56(53)42-17-3-2-4-18-42/h2-36H,1H3. The highest BCUT2D eigenvalue weighted by Gasteiger charge is 2.40. The molecular weight excluding hydrogens is 677 g/mol. The minimum atomic E-state index is -0.287. The maximum absolute atomic E-state index is 2.41. The third kappa shape index (κ3) is 4.96. The summed E-state index contributed by atoms with van der Waals surface area (Å²) in [7, 11) is 0. The second-order valence-electron chi connectivity index (χ2n) is 15.1. The van der Waals surface area contributed by atoms with Crippen molar-refractivity contribution in [3.63, 3.8) is 0 Å². The van der Waals surface area contributed by atoms with Gasteiger partial charge in [0.1, 0.15) is 0 Å². The zero-order valence-corrected chi connectivity index (χ0v) is 31.1. The van der Waals surface area contributed by atoms with Gasteiger partial charge in [-0.05, 0) is 123 Å². The van der Waals surface area contributed by atoms with E-state index in [0.717, 1.165) is 17.1 Å². The fourth-order valence-electron chi connectivity index (χ4n) is 9.29. The van der Waals surface area contributed by atoms with Gasteiger partial charge in [0.05, 0.1) is 11.0 Å². The smallest absolute Gasteiger partial charge is 0.0541 e. The van der Waals surface area contributed by atoms with Crippen LogP contribution in [0.4, 0.5) is 17.1 Å². The van der Waals surface area contributed by atoms with Crippen LogP contribution in [-0.2, 0) is 5.41 Å². The first kappa shape index (κ1) is 32.3. The van der Waals surface area contributed by atoms with Gasteiger partial charge in [-0.15, -0.1) is 0 Å². The van der Waals surface area contributed by atoms with E-state index in [0.29, 0.717) is 0 Å². The van der Waals surface area contributed by atoms with E-state index in [9.17, 15) is 0 Å². The summed E-state index contributed by atoms with van der Waals surface area (Å²) < 4.78 is 2.37. The molecule has 1 aromatic heterocycles. The molecule has 56 heavy (non-hydrogen) atoms. The molecule has 1 heterocycles. The predicted molar refractivity (Wildman–Crippen MR) is 236 cm³/mol. The summed E-state index contributed by atoms with van der Waals surface area (Å²) in [5.41, 5.74) is 15.7. The summed E-state index contributed by atoms with van der Waals surface area (Å²) in [4.78, 5) is 2.41. The Labute approximate surface area is 327 Å². The Hall–Kier alpha value is -7.16. The lowest BCUT2D eigenvalue weighted by molar-refractivity contribution is 0.714. The van der Waals surface area contributed by atoms with E-state index in [4.69, 9.17) is 0 Å². The van der Waals surface area contributed by atoms with Crippen molar-refractivity contribution in [2.75, 3.05) is 4.90 Å². The number of hydrogen-bond acceptors (Lipinski definition) is 1. The van der Waals surface area contributed by atoms with E-state index in [1.165, 1.54) is 77.2 Å². The van der Waals surface area contributed by atoms with E-state index >= 15 is 0 Å². The van der Waals surface area contributed by atoms with Crippen molar-refractivity contribution in [2.24, 2.45) is 0 Å². The Morgan fingerprint density at radius 1 is 0.393 bits per heavy atom. The Bertz CT molecular complexity index is 3050. The quantitative estimate of drug-likeness (QED) is 0.166. The molecule has 0 atom stereocenters. The number of hydrogen-bond donors (Lipinski definition) is 0. The molecule has 0 fully saturated rings. The van der Waals surface area contributed by atoms with Gasteiger partial charge in [-0.3, -0.25) is 0 Å². The highest BCUT2D eigenvalue weighted by atomic mass is 15.1. The fraction of sp³-hybridized carbons (Fsp3) is 0.0370. The van der Waals surface area contributed by atoms with E-state index < -0.39 is 0 Å². The Balaban J connectivity index is 1.04.